The first-order chi connectivity index (χ1) is 8.83. The second-order valence-electron chi connectivity index (χ2n) is 3.93. The average Bonchev–Trinajstić information content (AvgIpc) is 2.46. The minimum absolute atomic E-state index is 0.465. The van der Waals surface area contributed by atoms with Gasteiger partial charge in [-0.1, -0.05) is 6.07 Å². The smallest absolute Gasteiger partial charge is 0.225 e. The Morgan fingerprint density at radius 2 is 1.94 bits per heavy atom. The van der Waals surface area contributed by atoms with Crippen molar-refractivity contribution in [1.82, 2.24) is 15.0 Å². The van der Waals surface area contributed by atoms with Gasteiger partial charge in [-0.2, -0.15) is 0 Å². The van der Waals surface area contributed by atoms with Crippen molar-refractivity contribution in [3.8, 4) is 0 Å². The minimum atomic E-state index is 0.465. The van der Waals surface area contributed by atoms with Crippen LogP contribution in [-0.4, -0.2) is 21.5 Å². The lowest BCUT2D eigenvalue weighted by Gasteiger charge is -2.20. The Kier molecular flexibility index (Phi) is 4.20. The summed E-state index contributed by atoms with van der Waals surface area (Å²) in [5, 5.41) is 0. The van der Waals surface area contributed by atoms with E-state index in [4.69, 9.17) is 5.73 Å². The highest BCUT2D eigenvalue weighted by molar-refractivity contribution is 5.30. The van der Waals surface area contributed by atoms with E-state index in [2.05, 4.69) is 26.8 Å². The fourth-order valence-corrected chi connectivity index (χ4v) is 1.63. The van der Waals surface area contributed by atoms with E-state index in [1.807, 2.05) is 18.2 Å². The summed E-state index contributed by atoms with van der Waals surface area (Å²) in [6.07, 6.45) is 5.33. The molecule has 0 aliphatic heterocycles. The molecule has 2 aromatic rings. The highest BCUT2D eigenvalue weighted by Crippen LogP contribution is 2.10. The van der Waals surface area contributed by atoms with Gasteiger partial charge in [-0.25, -0.2) is 9.97 Å². The van der Waals surface area contributed by atoms with Crippen LogP contribution >= 0.6 is 0 Å². The molecule has 5 heteroatoms. The number of hydrogen-bond acceptors (Lipinski definition) is 5. The van der Waals surface area contributed by atoms with Crippen molar-refractivity contribution < 1.29 is 0 Å². The zero-order valence-corrected chi connectivity index (χ0v) is 10.5. The molecule has 0 saturated heterocycles. The third-order valence-electron chi connectivity index (χ3n) is 2.67. The molecule has 5 nitrogen and oxygen atoms in total. The molecule has 2 aromatic heterocycles. The molecule has 94 valence electrons. The molecule has 18 heavy (non-hydrogen) atoms. The van der Waals surface area contributed by atoms with Crippen molar-refractivity contribution in [2.45, 2.75) is 20.0 Å². The molecule has 2 rings (SSSR count). The van der Waals surface area contributed by atoms with Gasteiger partial charge < -0.3 is 10.6 Å². The first-order valence-electron chi connectivity index (χ1n) is 5.99. The molecular formula is C13H17N5. The van der Waals surface area contributed by atoms with Crippen LogP contribution in [0.5, 0.6) is 0 Å². The molecule has 0 saturated carbocycles. The molecule has 0 atom stereocenters. The van der Waals surface area contributed by atoms with Gasteiger partial charge in [-0.05, 0) is 19.1 Å². The Bertz CT molecular complexity index is 469. The lowest BCUT2D eigenvalue weighted by molar-refractivity contribution is 0.771. The molecule has 0 aliphatic carbocycles. The van der Waals surface area contributed by atoms with Crippen LogP contribution in [0.1, 0.15) is 18.2 Å². The Hall–Kier alpha value is -2.01. The summed E-state index contributed by atoms with van der Waals surface area (Å²) in [6.45, 7) is 4.08. The summed E-state index contributed by atoms with van der Waals surface area (Å²) in [6, 6.07) is 5.89. The third-order valence-corrected chi connectivity index (χ3v) is 2.67. The van der Waals surface area contributed by atoms with Crippen LogP contribution in [0.2, 0.25) is 0 Å². The minimum Gasteiger partial charge on any atom is -0.335 e. The van der Waals surface area contributed by atoms with Crippen molar-refractivity contribution in [1.29, 1.82) is 0 Å². The average molecular weight is 243 g/mol. The van der Waals surface area contributed by atoms with Gasteiger partial charge in [0.25, 0.3) is 0 Å². The van der Waals surface area contributed by atoms with Gasteiger partial charge in [-0.3, -0.25) is 4.98 Å². The summed E-state index contributed by atoms with van der Waals surface area (Å²) in [4.78, 5) is 15.0. The van der Waals surface area contributed by atoms with Gasteiger partial charge in [0, 0.05) is 37.2 Å². The maximum atomic E-state index is 5.53. The van der Waals surface area contributed by atoms with Crippen LogP contribution in [0.15, 0.2) is 36.8 Å². The highest BCUT2D eigenvalue weighted by Gasteiger charge is 2.08. The summed E-state index contributed by atoms with van der Waals surface area (Å²) in [5.41, 5.74) is 7.47. The summed E-state index contributed by atoms with van der Waals surface area (Å²) in [7, 11) is 0. The molecule has 0 aromatic carbocycles. The van der Waals surface area contributed by atoms with E-state index >= 15 is 0 Å². The lowest BCUT2D eigenvalue weighted by Crippen LogP contribution is -2.24. The Labute approximate surface area is 107 Å². The SMILES string of the molecule is CCN(Cc1ccccn1)c1ncc(CN)cn1. The number of nitrogens with zero attached hydrogens (tertiary/aromatic N) is 4. The van der Waals surface area contributed by atoms with Gasteiger partial charge in [0.05, 0.1) is 12.2 Å². The molecule has 2 heterocycles. The van der Waals surface area contributed by atoms with Crippen LogP contribution in [0, 0.1) is 0 Å². The van der Waals surface area contributed by atoms with Crippen LogP contribution in [0.25, 0.3) is 0 Å². The molecule has 0 radical (unpaired) electrons. The number of aromatic nitrogens is 3. The van der Waals surface area contributed by atoms with Gasteiger partial charge in [-0.15, -0.1) is 0 Å². The second-order valence-corrected chi connectivity index (χ2v) is 3.93. The van der Waals surface area contributed by atoms with E-state index in [9.17, 15) is 0 Å². The Balaban J connectivity index is 2.12. The van der Waals surface area contributed by atoms with Gasteiger partial charge in [0.1, 0.15) is 0 Å². The molecule has 0 aliphatic rings. The largest absolute Gasteiger partial charge is 0.335 e. The normalized spacial score (nSPS) is 10.3. The number of hydrogen-bond donors (Lipinski definition) is 1. The summed E-state index contributed by atoms with van der Waals surface area (Å²) >= 11 is 0. The fourth-order valence-electron chi connectivity index (χ4n) is 1.63. The van der Waals surface area contributed by atoms with Crippen LogP contribution < -0.4 is 10.6 Å². The first kappa shape index (κ1) is 12.4. The third kappa shape index (κ3) is 3.01. The Morgan fingerprint density at radius 1 is 1.17 bits per heavy atom. The van der Waals surface area contributed by atoms with E-state index in [0.717, 1.165) is 17.8 Å². The van der Waals surface area contributed by atoms with Crippen LogP contribution in [0.3, 0.4) is 0 Å². The zero-order valence-electron chi connectivity index (χ0n) is 10.5. The van der Waals surface area contributed by atoms with Crippen molar-refractivity contribution in [2.24, 2.45) is 5.73 Å². The maximum Gasteiger partial charge on any atom is 0.225 e. The van der Waals surface area contributed by atoms with Crippen molar-refractivity contribution >= 4 is 5.95 Å². The first-order valence-corrected chi connectivity index (χ1v) is 5.99. The molecule has 0 fully saturated rings. The monoisotopic (exact) mass is 243 g/mol. The van der Waals surface area contributed by atoms with E-state index in [1.165, 1.54) is 0 Å². The van der Waals surface area contributed by atoms with E-state index in [-0.39, 0.29) is 0 Å². The number of rotatable bonds is 5. The predicted molar refractivity (Wildman–Crippen MR) is 70.9 cm³/mol. The highest BCUT2D eigenvalue weighted by atomic mass is 15.2. The van der Waals surface area contributed by atoms with Gasteiger partial charge >= 0.3 is 0 Å². The molecule has 0 amide bonds. The predicted octanol–water partition coefficient (Wildman–Crippen LogP) is 1.36. The summed E-state index contributed by atoms with van der Waals surface area (Å²) < 4.78 is 0. The van der Waals surface area contributed by atoms with E-state index in [1.54, 1.807) is 18.6 Å². The molecular weight excluding hydrogens is 226 g/mol. The summed E-state index contributed by atoms with van der Waals surface area (Å²) in [5.74, 6) is 0.709. The Morgan fingerprint density at radius 3 is 2.50 bits per heavy atom. The topological polar surface area (TPSA) is 67.9 Å². The number of nitrogens with two attached hydrogens (primary N) is 1. The molecule has 2 N–H and O–H groups in total. The van der Waals surface area contributed by atoms with Crippen molar-refractivity contribution in [2.75, 3.05) is 11.4 Å². The van der Waals surface area contributed by atoms with Crippen molar-refractivity contribution in [3.63, 3.8) is 0 Å². The molecule has 0 bridgehead atoms. The van der Waals surface area contributed by atoms with Crippen LogP contribution in [-0.2, 0) is 13.1 Å². The van der Waals surface area contributed by atoms with Crippen molar-refractivity contribution in [3.05, 3.63) is 48.0 Å². The van der Waals surface area contributed by atoms with E-state index < -0.39 is 0 Å². The van der Waals surface area contributed by atoms with Gasteiger partial charge in [0.15, 0.2) is 0 Å². The maximum absolute atomic E-state index is 5.53. The number of anilines is 1. The van der Waals surface area contributed by atoms with Crippen LogP contribution in [0.4, 0.5) is 5.95 Å². The van der Waals surface area contributed by atoms with E-state index in [0.29, 0.717) is 19.0 Å². The molecule has 0 unspecified atom stereocenters. The zero-order chi connectivity index (χ0) is 12.8. The second kappa shape index (κ2) is 6.07. The van der Waals surface area contributed by atoms with Gasteiger partial charge in [0.2, 0.25) is 5.95 Å². The standard InChI is InChI=1S/C13H17N5/c1-2-18(10-12-5-3-4-6-15-12)13-16-8-11(7-14)9-17-13/h3-6,8-9H,2,7,10,14H2,1H3. The number of pyridine rings is 1. The fraction of sp³-hybridized carbons (Fsp3) is 0.308. The quantitative estimate of drug-likeness (QED) is 0.858. The molecule has 0 spiro atoms. The lowest BCUT2D eigenvalue weighted by atomic mass is 10.3.